The number of hydrogen-bond acceptors (Lipinski definition) is 2. The molecule has 0 aliphatic rings. The van der Waals surface area contributed by atoms with E-state index in [1.54, 1.807) is 0 Å². The van der Waals surface area contributed by atoms with Crippen molar-refractivity contribution in [2.75, 3.05) is 26.2 Å². The van der Waals surface area contributed by atoms with E-state index in [0.29, 0.717) is 0 Å². The highest BCUT2D eigenvalue weighted by atomic mass is 14.8. The summed E-state index contributed by atoms with van der Waals surface area (Å²) in [6.07, 6.45) is 20.9. The van der Waals surface area contributed by atoms with Crippen LogP contribution in [0.4, 0.5) is 0 Å². The molecule has 0 spiro atoms. The van der Waals surface area contributed by atoms with Crippen molar-refractivity contribution in [1.82, 2.24) is 10.6 Å². The predicted molar refractivity (Wildman–Crippen MR) is 106 cm³/mol. The van der Waals surface area contributed by atoms with Crippen molar-refractivity contribution < 1.29 is 0 Å². The lowest BCUT2D eigenvalue weighted by molar-refractivity contribution is 0.531. The molecule has 0 aliphatic carbocycles. The van der Waals surface area contributed by atoms with Gasteiger partial charge in [-0.1, -0.05) is 84.5 Å². The minimum Gasteiger partial charge on any atom is -0.317 e. The average Bonchev–Trinajstić information content (AvgIpc) is 2.57. The Balaban J connectivity index is 2.92. The van der Waals surface area contributed by atoms with Gasteiger partial charge in [0.2, 0.25) is 0 Å². The van der Waals surface area contributed by atoms with Gasteiger partial charge in [-0.2, -0.15) is 0 Å². The van der Waals surface area contributed by atoms with E-state index in [9.17, 15) is 0 Å². The first-order chi connectivity index (χ1) is 11.4. The van der Waals surface area contributed by atoms with Gasteiger partial charge in [0.15, 0.2) is 0 Å². The molecule has 2 heteroatoms. The molecule has 0 radical (unpaired) electrons. The van der Waals surface area contributed by atoms with Crippen LogP contribution in [0.3, 0.4) is 0 Å². The summed E-state index contributed by atoms with van der Waals surface area (Å²) in [7, 11) is 0. The number of hydrogen-bond donors (Lipinski definition) is 2. The van der Waals surface area contributed by atoms with Gasteiger partial charge in [-0.05, 0) is 51.9 Å². The van der Waals surface area contributed by atoms with Gasteiger partial charge >= 0.3 is 0 Å². The molecule has 2 nitrogen and oxygen atoms in total. The zero-order valence-corrected chi connectivity index (χ0v) is 16.4. The molecule has 140 valence electrons. The lowest BCUT2D eigenvalue weighted by atomic mass is 10.1. The van der Waals surface area contributed by atoms with Gasteiger partial charge in [0.05, 0.1) is 0 Å². The van der Waals surface area contributed by atoms with E-state index in [-0.39, 0.29) is 0 Å². The predicted octanol–water partition coefficient (Wildman–Crippen LogP) is 6.06. The summed E-state index contributed by atoms with van der Waals surface area (Å²) < 4.78 is 0. The normalized spacial score (nSPS) is 11.2. The van der Waals surface area contributed by atoms with Crippen LogP contribution < -0.4 is 10.6 Å². The number of unbranched alkanes of at least 4 members (excludes halogenated alkanes) is 12. The van der Waals surface area contributed by atoms with Gasteiger partial charge in [0.1, 0.15) is 0 Å². The minimum atomic E-state index is 1.22. The monoisotopic (exact) mass is 326 g/mol. The lowest BCUT2D eigenvalue weighted by Gasteiger charge is -2.06. The minimum absolute atomic E-state index is 1.22. The molecular formula is C21H46N2. The van der Waals surface area contributed by atoms with Crippen LogP contribution in [-0.2, 0) is 0 Å². The van der Waals surface area contributed by atoms with Crippen LogP contribution >= 0.6 is 0 Å². The van der Waals surface area contributed by atoms with Gasteiger partial charge in [0.25, 0.3) is 0 Å². The Labute approximate surface area is 147 Å². The van der Waals surface area contributed by atoms with E-state index in [2.05, 4.69) is 24.5 Å². The van der Waals surface area contributed by atoms with E-state index in [1.807, 2.05) is 0 Å². The first kappa shape index (κ1) is 22.9. The van der Waals surface area contributed by atoms with Crippen LogP contribution in [0, 0.1) is 0 Å². The second-order valence-corrected chi connectivity index (χ2v) is 7.10. The maximum Gasteiger partial charge on any atom is -0.00489 e. The Morgan fingerprint density at radius 2 is 0.609 bits per heavy atom. The van der Waals surface area contributed by atoms with Gasteiger partial charge in [0, 0.05) is 0 Å². The van der Waals surface area contributed by atoms with E-state index in [4.69, 9.17) is 0 Å². The summed E-state index contributed by atoms with van der Waals surface area (Å²) in [5, 5.41) is 7.16. The Bertz CT molecular complexity index is 174. The van der Waals surface area contributed by atoms with Gasteiger partial charge in [-0.15, -0.1) is 0 Å². The van der Waals surface area contributed by atoms with Crippen molar-refractivity contribution in [3.63, 3.8) is 0 Å². The fourth-order valence-corrected chi connectivity index (χ4v) is 2.99. The molecule has 0 amide bonds. The first-order valence-corrected chi connectivity index (χ1v) is 10.8. The molecule has 0 aromatic rings. The second kappa shape index (κ2) is 21.9. The average molecular weight is 327 g/mol. The quantitative estimate of drug-likeness (QED) is 0.266. The Morgan fingerprint density at radius 3 is 1.00 bits per heavy atom. The molecular weight excluding hydrogens is 280 g/mol. The summed E-state index contributed by atoms with van der Waals surface area (Å²) in [5.74, 6) is 0. The van der Waals surface area contributed by atoms with Crippen LogP contribution in [0.25, 0.3) is 0 Å². The summed E-state index contributed by atoms with van der Waals surface area (Å²) >= 11 is 0. The zero-order chi connectivity index (χ0) is 16.8. The standard InChI is InChI=1S/C21H46N2/c1-3-5-7-8-11-15-20-23-21-17-13-10-9-12-16-19-22-18-14-6-4-2/h22-23H,3-21H2,1-2H3. The highest BCUT2D eigenvalue weighted by molar-refractivity contribution is 4.53. The Hall–Kier alpha value is -0.0800. The molecule has 0 aliphatic heterocycles. The SMILES string of the molecule is CCCCCCCCNCCCCCCCCNCCCCC. The zero-order valence-electron chi connectivity index (χ0n) is 16.4. The molecule has 0 atom stereocenters. The van der Waals surface area contributed by atoms with Crippen molar-refractivity contribution in [3.05, 3.63) is 0 Å². The van der Waals surface area contributed by atoms with Crippen molar-refractivity contribution in [2.24, 2.45) is 0 Å². The van der Waals surface area contributed by atoms with Crippen LogP contribution in [0.2, 0.25) is 0 Å². The number of rotatable bonds is 20. The molecule has 0 rings (SSSR count). The summed E-state index contributed by atoms with van der Waals surface area (Å²) in [6.45, 7) is 9.46. The maximum absolute atomic E-state index is 3.60. The molecule has 0 aromatic heterocycles. The van der Waals surface area contributed by atoms with Crippen LogP contribution in [0.1, 0.15) is 110 Å². The molecule has 0 saturated heterocycles. The van der Waals surface area contributed by atoms with Crippen molar-refractivity contribution in [3.8, 4) is 0 Å². The first-order valence-electron chi connectivity index (χ1n) is 10.8. The molecule has 2 N–H and O–H groups in total. The van der Waals surface area contributed by atoms with Crippen molar-refractivity contribution in [2.45, 2.75) is 110 Å². The third kappa shape index (κ3) is 21.9. The van der Waals surface area contributed by atoms with E-state index >= 15 is 0 Å². The third-order valence-electron chi connectivity index (χ3n) is 4.62. The maximum atomic E-state index is 3.60. The Morgan fingerprint density at radius 1 is 0.348 bits per heavy atom. The molecule has 0 fully saturated rings. The second-order valence-electron chi connectivity index (χ2n) is 7.10. The number of nitrogens with one attached hydrogen (secondary N) is 2. The van der Waals surface area contributed by atoms with E-state index < -0.39 is 0 Å². The van der Waals surface area contributed by atoms with Gasteiger partial charge < -0.3 is 10.6 Å². The smallest absolute Gasteiger partial charge is 0.00489 e. The van der Waals surface area contributed by atoms with Crippen LogP contribution in [-0.4, -0.2) is 26.2 Å². The van der Waals surface area contributed by atoms with Crippen molar-refractivity contribution >= 4 is 0 Å². The largest absolute Gasteiger partial charge is 0.317 e. The molecule has 0 aromatic carbocycles. The van der Waals surface area contributed by atoms with Crippen molar-refractivity contribution in [1.29, 1.82) is 0 Å². The lowest BCUT2D eigenvalue weighted by Crippen LogP contribution is -2.16. The van der Waals surface area contributed by atoms with Crippen LogP contribution in [0.15, 0.2) is 0 Å². The molecule has 0 unspecified atom stereocenters. The summed E-state index contributed by atoms with van der Waals surface area (Å²) in [4.78, 5) is 0. The molecule has 0 saturated carbocycles. The molecule has 23 heavy (non-hydrogen) atoms. The summed E-state index contributed by atoms with van der Waals surface area (Å²) in [6, 6.07) is 0. The molecule has 0 heterocycles. The van der Waals surface area contributed by atoms with Gasteiger partial charge in [-0.3, -0.25) is 0 Å². The highest BCUT2D eigenvalue weighted by Gasteiger charge is 1.93. The van der Waals surface area contributed by atoms with Gasteiger partial charge in [-0.25, -0.2) is 0 Å². The highest BCUT2D eigenvalue weighted by Crippen LogP contribution is 2.05. The topological polar surface area (TPSA) is 24.1 Å². The van der Waals surface area contributed by atoms with Crippen LogP contribution in [0.5, 0.6) is 0 Å². The summed E-state index contributed by atoms with van der Waals surface area (Å²) in [5.41, 5.74) is 0. The third-order valence-corrected chi connectivity index (χ3v) is 4.62. The van der Waals surface area contributed by atoms with E-state index in [0.717, 1.165) is 0 Å². The molecule has 0 bridgehead atoms. The Kier molecular flexibility index (Phi) is 21.8. The fraction of sp³-hybridized carbons (Fsp3) is 1.00. The van der Waals surface area contributed by atoms with E-state index in [1.165, 1.54) is 122 Å². The fourth-order valence-electron chi connectivity index (χ4n) is 2.99.